The standard InChI is InChI=1S/C20H17BrFIN4OS/c21-14-11-13(5-6-15(14)22)24-19(26-23)18(28)12-7-9-27(10-8-12)20-25-16-3-1-2-4-17(16)29-20/h1-6,11-12H,7-10H2,(H,24,26). The van der Waals surface area contributed by atoms with Gasteiger partial charge in [0.2, 0.25) is 5.78 Å². The smallest absolute Gasteiger partial charge is 0.201 e. The lowest BCUT2D eigenvalue weighted by molar-refractivity contribution is -0.116. The number of nitrogens with one attached hydrogen (secondary N) is 1. The first-order valence-electron chi connectivity index (χ1n) is 9.11. The summed E-state index contributed by atoms with van der Waals surface area (Å²) in [5, 5.41) is 4.04. The molecule has 1 N–H and O–H groups in total. The van der Waals surface area contributed by atoms with Crippen LogP contribution in [0.5, 0.6) is 0 Å². The molecule has 0 spiro atoms. The van der Waals surface area contributed by atoms with E-state index in [0.717, 1.165) is 36.6 Å². The minimum Gasteiger partial charge on any atom is -0.348 e. The van der Waals surface area contributed by atoms with Crippen LogP contribution in [0.25, 0.3) is 10.2 Å². The molecule has 150 valence electrons. The summed E-state index contributed by atoms with van der Waals surface area (Å²) < 4.78 is 19.1. The molecule has 0 saturated carbocycles. The first-order valence-corrected chi connectivity index (χ1v) is 11.7. The molecule has 0 radical (unpaired) electrons. The highest BCUT2D eigenvalue weighted by Gasteiger charge is 2.29. The topological polar surface area (TPSA) is 57.6 Å². The Morgan fingerprint density at radius 2 is 2.03 bits per heavy atom. The summed E-state index contributed by atoms with van der Waals surface area (Å²) in [5.41, 5.74) is 1.63. The monoisotopic (exact) mass is 586 g/mol. The number of benzene rings is 2. The van der Waals surface area contributed by atoms with Crippen LogP contribution in [0, 0.1) is 11.7 Å². The Hall–Kier alpha value is -1.59. The summed E-state index contributed by atoms with van der Waals surface area (Å²) in [6.07, 6.45) is 1.50. The summed E-state index contributed by atoms with van der Waals surface area (Å²) in [6, 6.07) is 12.6. The van der Waals surface area contributed by atoms with Crippen molar-refractivity contribution in [3.05, 3.63) is 52.8 Å². The van der Waals surface area contributed by atoms with E-state index in [1.54, 1.807) is 23.5 Å². The van der Waals surface area contributed by atoms with Crippen LogP contribution in [0.3, 0.4) is 0 Å². The van der Waals surface area contributed by atoms with E-state index >= 15 is 0 Å². The first-order chi connectivity index (χ1) is 14.0. The van der Waals surface area contributed by atoms with Gasteiger partial charge in [-0.3, -0.25) is 4.79 Å². The number of piperidine rings is 1. The predicted molar refractivity (Wildman–Crippen MR) is 129 cm³/mol. The van der Waals surface area contributed by atoms with E-state index in [0.29, 0.717) is 16.0 Å². The van der Waals surface area contributed by atoms with Crippen LogP contribution in [-0.4, -0.2) is 29.7 Å². The number of Topliss-reactive ketones (excluding diaryl/α,β-unsaturated/α-hetero) is 1. The van der Waals surface area contributed by atoms with E-state index in [4.69, 9.17) is 4.98 Å². The largest absolute Gasteiger partial charge is 0.348 e. The third-order valence-corrected chi connectivity index (χ3v) is 7.11. The Labute approximate surface area is 194 Å². The van der Waals surface area contributed by atoms with E-state index in [1.165, 1.54) is 10.8 Å². The van der Waals surface area contributed by atoms with Crippen LogP contribution in [0.15, 0.2) is 50.1 Å². The SMILES string of the molecule is O=C(/C(=N/I)Nc1ccc(F)c(Br)c1)C1CCN(c2nc3ccccc3s2)CC1. The van der Waals surface area contributed by atoms with Crippen molar-refractivity contribution in [2.45, 2.75) is 12.8 Å². The molecule has 0 aliphatic carbocycles. The molecular weight excluding hydrogens is 570 g/mol. The molecule has 5 nitrogen and oxygen atoms in total. The van der Waals surface area contributed by atoms with Crippen LogP contribution >= 0.6 is 50.1 Å². The molecule has 0 amide bonds. The van der Waals surface area contributed by atoms with E-state index < -0.39 is 0 Å². The maximum atomic E-state index is 13.4. The zero-order valence-corrected chi connectivity index (χ0v) is 19.8. The fourth-order valence-electron chi connectivity index (χ4n) is 3.36. The number of hydrogen-bond donors (Lipinski definition) is 1. The van der Waals surface area contributed by atoms with Crippen LogP contribution in [0.4, 0.5) is 15.2 Å². The highest BCUT2D eigenvalue weighted by Crippen LogP contribution is 2.31. The minimum atomic E-state index is -0.350. The van der Waals surface area contributed by atoms with E-state index in [1.807, 2.05) is 41.1 Å². The summed E-state index contributed by atoms with van der Waals surface area (Å²) >= 11 is 6.67. The van der Waals surface area contributed by atoms with Crippen molar-refractivity contribution in [3.63, 3.8) is 0 Å². The number of rotatable bonds is 4. The van der Waals surface area contributed by atoms with E-state index in [9.17, 15) is 9.18 Å². The van der Waals surface area contributed by atoms with Crippen LogP contribution in [0.1, 0.15) is 12.8 Å². The van der Waals surface area contributed by atoms with Crippen molar-refractivity contribution in [1.29, 1.82) is 0 Å². The van der Waals surface area contributed by atoms with Gasteiger partial charge in [0.1, 0.15) is 5.82 Å². The number of aromatic nitrogens is 1. The molecule has 1 fully saturated rings. The van der Waals surface area contributed by atoms with Crippen molar-refractivity contribution in [2.24, 2.45) is 9.12 Å². The number of amidine groups is 1. The minimum absolute atomic E-state index is 0.0104. The Balaban J connectivity index is 1.40. The third kappa shape index (κ3) is 4.61. The molecule has 0 atom stereocenters. The second-order valence-corrected chi connectivity index (χ2v) is 9.12. The summed E-state index contributed by atoms with van der Waals surface area (Å²) in [4.78, 5) is 19.9. The number of para-hydroxylation sites is 1. The van der Waals surface area contributed by atoms with Gasteiger partial charge < -0.3 is 10.2 Å². The first kappa shape index (κ1) is 20.7. The Kier molecular flexibility index (Phi) is 6.45. The zero-order valence-electron chi connectivity index (χ0n) is 15.2. The van der Waals surface area contributed by atoms with Crippen molar-refractivity contribution < 1.29 is 9.18 Å². The van der Waals surface area contributed by atoms with Crippen LogP contribution in [0.2, 0.25) is 0 Å². The molecule has 1 saturated heterocycles. The molecule has 3 aromatic rings. The van der Waals surface area contributed by atoms with Crippen LogP contribution in [-0.2, 0) is 4.79 Å². The molecule has 4 rings (SSSR count). The summed E-state index contributed by atoms with van der Waals surface area (Å²) in [5.74, 6) is -0.158. The molecule has 1 aliphatic rings. The van der Waals surface area contributed by atoms with Gasteiger partial charge in [-0.2, -0.15) is 3.21 Å². The number of fused-ring (bicyclic) bond motifs is 1. The van der Waals surface area contributed by atoms with Gasteiger partial charge in [0, 0.05) is 24.7 Å². The van der Waals surface area contributed by atoms with Gasteiger partial charge in [-0.1, -0.05) is 23.5 Å². The van der Waals surface area contributed by atoms with Gasteiger partial charge in [-0.15, -0.1) is 0 Å². The average molecular weight is 587 g/mol. The second-order valence-electron chi connectivity index (χ2n) is 6.78. The molecule has 0 unspecified atom stereocenters. The number of halogens is 3. The summed E-state index contributed by atoms with van der Waals surface area (Å²) in [7, 11) is 0. The van der Waals surface area contributed by atoms with Crippen molar-refractivity contribution in [2.75, 3.05) is 23.3 Å². The van der Waals surface area contributed by atoms with E-state index in [-0.39, 0.29) is 17.5 Å². The predicted octanol–water partition coefficient (Wildman–Crippen LogP) is 5.84. The second kappa shape index (κ2) is 9.05. The quantitative estimate of drug-likeness (QED) is 0.237. The molecule has 2 heterocycles. The lowest BCUT2D eigenvalue weighted by Gasteiger charge is -2.31. The number of nitrogens with zero attached hydrogens (tertiary/aromatic N) is 3. The van der Waals surface area contributed by atoms with Gasteiger partial charge in [-0.25, -0.2) is 9.37 Å². The molecule has 9 heteroatoms. The molecule has 29 heavy (non-hydrogen) atoms. The number of hydrogen-bond acceptors (Lipinski definition) is 5. The maximum absolute atomic E-state index is 13.4. The fraction of sp³-hybridized carbons (Fsp3) is 0.250. The highest BCUT2D eigenvalue weighted by atomic mass is 127. The van der Waals surface area contributed by atoms with Gasteiger partial charge in [0.25, 0.3) is 0 Å². The number of anilines is 2. The number of ketones is 1. The third-order valence-electron chi connectivity index (χ3n) is 4.92. The molecular formula is C20H17BrFIN4OS. The molecule has 2 aromatic carbocycles. The lowest BCUT2D eigenvalue weighted by atomic mass is 9.92. The van der Waals surface area contributed by atoms with Crippen molar-refractivity contribution >= 4 is 82.8 Å². The summed E-state index contributed by atoms with van der Waals surface area (Å²) in [6.45, 7) is 1.57. The average Bonchev–Trinajstić information content (AvgIpc) is 3.18. The Morgan fingerprint density at radius 1 is 1.28 bits per heavy atom. The maximum Gasteiger partial charge on any atom is 0.201 e. The molecule has 0 bridgehead atoms. The number of carbonyl (C=O) groups excluding carboxylic acids is 1. The molecule has 1 aromatic heterocycles. The van der Waals surface area contributed by atoms with Crippen molar-refractivity contribution in [3.8, 4) is 0 Å². The van der Waals surface area contributed by atoms with Gasteiger partial charge in [0.05, 0.1) is 37.6 Å². The van der Waals surface area contributed by atoms with Crippen LogP contribution < -0.4 is 10.2 Å². The van der Waals surface area contributed by atoms with Gasteiger partial charge in [-0.05, 0) is 59.1 Å². The molecule has 1 aliphatic heterocycles. The lowest BCUT2D eigenvalue weighted by Crippen LogP contribution is -2.39. The van der Waals surface area contributed by atoms with E-state index in [2.05, 4.69) is 35.4 Å². The Bertz CT molecular complexity index is 1050. The normalized spacial score (nSPS) is 15.7. The van der Waals surface area contributed by atoms with Gasteiger partial charge in [0.15, 0.2) is 11.0 Å². The number of carbonyl (C=O) groups is 1. The Morgan fingerprint density at radius 3 is 2.72 bits per heavy atom. The fourth-order valence-corrected chi connectivity index (χ4v) is 5.11. The number of thiazole rings is 1. The highest BCUT2D eigenvalue weighted by molar-refractivity contribution is 14.1. The van der Waals surface area contributed by atoms with Gasteiger partial charge >= 0.3 is 0 Å². The van der Waals surface area contributed by atoms with Crippen molar-refractivity contribution in [1.82, 2.24) is 4.98 Å². The zero-order chi connectivity index (χ0) is 20.4.